The summed E-state index contributed by atoms with van der Waals surface area (Å²) >= 11 is 0. The zero-order chi connectivity index (χ0) is 17.2. The molecular formula is C17H33IN4O2S. The van der Waals surface area contributed by atoms with Crippen molar-refractivity contribution in [1.82, 2.24) is 15.5 Å². The molecule has 6 nitrogen and oxygen atoms in total. The summed E-state index contributed by atoms with van der Waals surface area (Å²) in [6.45, 7) is 7.17. The van der Waals surface area contributed by atoms with E-state index in [1.807, 2.05) is 0 Å². The number of hydrogen-bond acceptors (Lipinski definition) is 4. The molecule has 1 unspecified atom stereocenters. The molecule has 3 rings (SSSR count). The number of piperidine rings is 1. The average Bonchev–Trinajstić information content (AvgIpc) is 3.29. The third-order valence-electron chi connectivity index (χ3n) is 5.19. The highest BCUT2D eigenvalue weighted by Gasteiger charge is 2.32. The Morgan fingerprint density at radius 1 is 1.16 bits per heavy atom. The smallest absolute Gasteiger partial charge is 0.191 e. The molecule has 1 atom stereocenters. The van der Waals surface area contributed by atoms with E-state index in [2.05, 4.69) is 34.4 Å². The van der Waals surface area contributed by atoms with Crippen molar-refractivity contribution in [2.24, 2.45) is 10.9 Å². The van der Waals surface area contributed by atoms with Gasteiger partial charge in [-0.1, -0.05) is 0 Å². The van der Waals surface area contributed by atoms with E-state index in [0.717, 1.165) is 31.3 Å². The predicted octanol–water partition coefficient (Wildman–Crippen LogP) is 1.61. The van der Waals surface area contributed by atoms with Crippen LogP contribution >= 0.6 is 24.0 Å². The van der Waals surface area contributed by atoms with Crippen LogP contribution in [0.1, 0.15) is 46.0 Å². The van der Waals surface area contributed by atoms with E-state index in [9.17, 15) is 8.42 Å². The predicted molar refractivity (Wildman–Crippen MR) is 114 cm³/mol. The topological polar surface area (TPSA) is 73.8 Å². The second-order valence-electron chi connectivity index (χ2n) is 7.94. The van der Waals surface area contributed by atoms with Gasteiger partial charge in [-0.3, -0.25) is 4.99 Å². The molecule has 0 spiro atoms. The van der Waals surface area contributed by atoms with Crippen molar-refractivity contribution >= 4 is 39.8 Å². The Bertz CT molecular complexity index is 555. The van der Waals surface area contributed by atoms with E-state index in [4.69, 9.17) is 0 Å². The fraction of sp³-hybridized carbons (Fsp3) is 0.941. The third kappa shape index (κ3) is 6.86. The summed E-state index contributed by atoms with van der Waals surface area (Å²) < 4.78 is 23.2. The second-order valence-corrected chi connectivity index (χ2v) is 10.2. The molecule has 2 N–H and O–H groups in total. The van der Waals surface area contributed by atoms with E-state index in [0.29, 0.717) is 30.1 Å². The van der Waals surface area contributed by atoms with E-state index in [1.165, 1.54) is 25.9 Å². The van der Waals surface area contributed by atoms with Gasteiger partial charge in [0.15, 0.2) is 15.8 Å². The lowest BCUT2D eigenvalue weighted by Crippen LogP contribution is -2.50. The third-order valence-corrected chi connectivity index (χ3v) is 7.03. The van der Waals surface area contributed by atoms with Crippen LogP contribution in [-0.4, -0.2) is 68.5 Å². The molecule has 0 radical (unpaired) electrons. The van der Waals surface area contributed by atoms with Gasteiger partial charge in [-0.15, -0.1) is 24.0 Å². The van der Waals surface area contributed by atoms with Crippen LogP contribution in [-0.2, 0) is 9.84 Å². The molecule has 3 fully saturated rings. The summed E-state index contributed by atoms with van der Waals surface area (Å²) in [7, 11) is -2.82. The van der Waals surface area contributed by atoms with Gasteiger partial charge >= 0.3 is 0 Å². The molecule has 146 valence electrons. The lowest BCUT2D eigenvalue weighted by atomic mass is 10.1. The SMILES string of the molecule is CC(C)NC(=NCC1CCS(=O)(=O)C1)NC1CCN(C2CC2)CC1.I. The van der Waals surface area contributed by atoms with Crippen molar-refractivity contribution in [2.45, 2.75) is 64.1 Å². The lowest BCUT2D eigenvalue weighted by Gasteiger charge is -2.33. The van der Waals surface area contributed by atoms with E-state index in [1.54, 1.807) is 0 Å². The zero-order valence-corrected chi connectivity index (χ0v) is 18.6. The van der Waals surface area contributed by atoms with Gasteiger partial charge in [-0.2, -0.15) is 0 Å². The lowest BCUT2D eigenvalue weighted by molar-refractivity contribution is 0.197. The van der Waals surface area contributed by atoms with Gasteiger partial charge < -0.3 is 15.5 Å². The highest BCUT2D eigenvalue weighted by Crippen LogP contribution is 2.29. The number of sulfone groups is 1. The van der Waals surface area contributed by atoms with Gasteiger partial charge in [-0.25, -0.2) is 8.42 Å². The minimum atomic E-state index is -2.82. The van der Waals surface area contributed by atoms with Crippen LogP contribution in [0.25, 0.3) is 0 Å². The molecule has 0 bridgehead atoms. The largest absolute Gasteiger partial charge is 0.354 e. The molecule has 1 aliphatic carbocycles. The molecule has 2 aliphatic heterocycles. The first-order chi connectivity index (χ1) is 11.4. The van der Waals surface area contributed by atoms with Crippen LogP contribution in [0, 0.1) is 5.92 Å². The maximum absolute atomic E-state index is 11.6. The van der Waals surface area contributed by atoms with Crippen molar-refractivity contribution in [1.29, 1.82) is 0 Å². The normalized spacial score (nSPS) is 28.0. The van der Waals surface area contributed by atoms with Crippen LogP contribution in [0.4, 0.5) is 0 Å². The minimum Gasteiger partial charge on any atom is -0.354 e. The number of rotatable bonds is 5. The number of likely N-dealkylation sites (tertiary alicyclic amines) is 1. The van der Waals surface area contributed by atoms with Gasteiger partial charge in [0.25, 0.3) is 0 Å². The summed E-state index contributed by atoms with van der Waals surface area (Å²) in [5.74, 6) is 1.65. The number of guanidine groups is 1. The van der Waals surface area contributed by atoms with Gasteiger partial charge in [0.05, 0.1) is 11.5 Å². The standard InChI is InChI=1S/C17H32N4O2S.HI/c1-13(2)19-17(18-11-14-7-10-24(22,23)12-14)20-15-5-8-21(9-6-15)16-3-4-16;/h13-16H,3-12H2,1-2H3,(H2,18,19,20);1H. The Balaban J connectivity index is 0.00000225. The zero-order valence-electron chi connectivity index (χ0n) is 15.4. The van der Waals surface area contributed by atoms with Crippen molar-refractivity contribution in [2.75, 3.05) is 31.1 Å². The van der Waals surface area contributed by atoms with Gasteiger partial charge in [-0.05, 0) is 51.9 Å². The number of halogens is 1. The van der Waals surface area contributed by atoms with Crippen LogP contribution in [0.3, 0.4) is 0 Å². The summed E-state index contributed by atoms with van der Waals surface area (Å²) in [5.41, 5.74) is 0. The Kier molecular flexibility index (Phi) is 7.82. The summed E-state index contributed by atoms with van der Waals surface area (Å²) in [6.07, 6.45) is 5.83. The molecule has 8 heteroatoms. The molecule has 0 aromatic rings. The molecule has 0 amide bonds. The molecule has 0 aromatic carbocycles. The fourth-order valence-corrected chi connectivity index (χ4v) is 5.53. The van der Waals surface area contributed by atoms with E-state index in [-0.39, 0.29) is 29.9 Å². The van der Waals surface area contributed by atoms with Crippen LogP contribution in [0.5, 0.6) is 0 Å². The highest BCUT2D eigenvalue weighted by molar-refractivity contribution is 14.0. The van der Waals surface area contributed by atoms with Crippen molar-refractivity contribution in [3.8, 4) is 0 Å². The van der Waals surface area contributed by atoms with Gasteiger partial charge in [0, 0.05) is 37.8 Å². The Labute approximate surface area is 169 Å². The van der Waals surface area contributed by atoms with E-state index < -0.39 is 9.84 Å². The summed E-state index contributed by atoms with van der Waals surface area (Å²) in [4.78, 5) is 7.31. The maximum atomic E-state index is 11.6. The average molecular weight is 484 g/mol. The monoisotopic (exact) mass is 484 g/mol. The first-order valence-corrected chi connectivity index (χ1v) is 11.3. The van der Waals surface area contributed by atoms with Crippen LogP contribution in [0.15, 0.2) is 4.99 Å². The van der Waals surface area contributed by atoms with Gasteiger partial charge in [0.2, 0.25) is 0 Å². The Morgan fingerprint density at radius 2 is 1.84 bits per heavy atom. The van der Waals surface area contributed by atoms with Crippen LogP contribution < -0.4 is 10.6 Å². The number of hydrogen-bond donors (Lipinski definition) is 2. The minimum absolute atomic E-state index is 0. The molecular weight excluding hydrogens is 451 g/mol. The molecule has 2 heterocycles. The highest BCUT2D eigenvalue weighted by atomic mass is 127. The van der Waals surface area contributed by atoms with Gasteiger partial charge in [0.1, 0.15) is 0 Å². The Morgan fingerprint density at radius 3 is 2.36 bits per heavy atom. The first kappa shape index (κ1) is 21.2. The molecule has 25 heavy (non-hydrogen) atoms. The van der Waals surface area contributed by atoms with Crippen LogP contribution in [0.2, 0.25) is 0 Å². The second kappa shape index (κ2) is 9.21. The maximum Gasteiger partial charge on any atom is 0.191 e. The number of aliphatic imine (C=N–C) groups is 1. The fourth-order valence-electron chi connectivity index (χ4n) is 3.68. The molecule has 2 saturated heterocycles. The number of nitrogens with one attached hydrogen (secondary N) is 2. The van der Waals surface area contributed by atoms with E-state index >= 15 is 0 Å². The Hall–Kier alpha value is -0.0900. The molecule has 3 aliphatic rings. The quantitative estimate of drug-likeness (QED) is 0.353. The first-order valence-electron chi connectivity index (χ1n) is 9.43. The summed E-state index contributed by atoms with van der Waals surface area (Å²) in [6, 6.07) is 1.64. The summed E-state index contributed by atoms with van der Waals surface area (Å²) in [5, 5.41) is 6.97. The molecule has 1 saturated carbocycles. The van der Waals surface area contributed by atoms with Crippen molar-refractivity contribution < 1.29 is 8.42 Å². The molecule has 0 aromatic heterocycles. The van der Waals surface area contributed by atoms with Crippen molar-refractivity contribution in [3.05, 3.63) is 0 Å². The van der Waals surface area contributed by atoms with Crippen molar-refractivity contribution in [3.63, 3.8) is 0 Å². The number of nitrogens with zero attached hydrogens (tertiary/aromatic N) is 2.